The van der Waals surface area contributed by atoms with Gasteiger partial charge >= 0.3 is 5.97 Å². The smallest absolute Gasteiger partial charge is 0.332 e. The van der Waals surface area contributed by atoms with Crippen LogP contribution < -0.4 is 10.1 Å². The number of nitrogens with one attached hydrogen (secondary N) is 1. The van der Waals surface area contributed by atoms with Gasteiger partial charge in [0.25, 0.3) is 0 Å². The van der Waals surface area contributed by atoms with Crippen molar-refractivity contribution in [3.63, 3.8) is 0 Å². The highest BCUT2D eigenvalue weighted by molar-refractivity contribution is 5.83. The summed E-state index contributed by atoms with van der Waals surface area (Å²) in [6.07, 6.45) is -5.10. The molecule has 0 saturated carbocycles. The number of carbonyl (C=O) groups is 2. The summed E-state index contributed by atoms with van der Waals surface area (Å²) >= 11 is 0. The summed E-state index contributed by atoms with van der Waals surface area (Å²) in [5.74, 6) is -0.951. The number of amides is 1. The highest BCUT2D eigenvalue weighted by atomic mass is 16.8. The van der Waals surface area contributed by atoms with Crippen LogP contribution in [0.1, 0.15) is 25.7 Å². The monoisotopic (exact) mass is 507 g/mol. The number of hydrogen-bond acceptors (Lipinski definition) is 7. The van der Waals surface area contributed by atoms with Gasteiger partial charge in [0.05, 0.1) is 6.61 Å². The van der Waals surface area contributed by atoms with Gasteiger partial charge in [0, 0.05) is 12.5 Å². The Morgan fingerprint density at radius 3 is 2.46 bits per heavy atom. The fourth-order valence-corrected chi connectivity index (χ4v) is 4.67. The van der Waals surface area contributed by atoms with Gasteiger partial charge < -0.3 is 34.1 Å². The summed E-state index contributed by atoms with van der Waals surface area (Å²) in [5.41, 5.74) is 0.802. The Labute approximate surface area is 214 Å². The summed E-state index contributed by atoms with van der Waals surface area (Å²) in [6.45, 7) is 2.97. The minimum absolute atomic E-state index is 0.163. The second-order valence-electron chi connectivity index (χ2n) is 9.15. The lowest BCUT2D eigenvalue weighted by atomic mass is 9.95. The minimum Gasteiger partial charge on any atom is -0.479 e. The molecule has 2 fully saturated rings. The quantitative estimate of drug-likeness (QED) is 0.500. The molecule has 0 bridgehead atoms. The Bertz CT molecular complexity index is 1250. The molecule has 2 saturated heterocycles. The lowest BCUT2D eigenvalue weighted by molar-refractivity contribution is -0.340. The number of fused-ring (bicyclic) bond motifs is 2. The fourth-order valence-electron chi connectivity index (χ4n) is 4.67. The van der Waals surface area contributed by atoms with Crippen molar-refractivity contribution >= 4 is 22.6 Å². The molecule has 2 heterocycles. The Hall–Kier alpha value is -3.50. The van der Waals surface area contributed by atoms with Crippen LogP contribution >= 0.6 is 0 Å². The summed E-state index contributed by atoms with van der Waals surface area (Å²) in [5, 5.41) is 14.4. The number of rotatable bonds is 7. The van der Waals surface area contributed by atoms with E-state index in [1.807, 2.05) is 72.8 Å². The van der Waals surface area contributed by atoms with Crippen molar-refractivity contribution < 1.29 is 38.4 Å². The van der Waals surface area contributed by atoms with Crippen LogP contribution in [-0.2, 0) is 28.5 Å². The number of hydrogen-bond donors (Lipinski definition) is 2. The van der Waals surface area contributed by atoms with Crippen molar-refractivity contribution in [3.05, 3.63) is 78.4 Å². The SMILES string of the molecule is CC(=O)NC1C(Oc2ccc3ccccc3c2)OC2COC(c3ccccc3)OC2C1OC(C)C(=O)O. The summed E-state index contributed by atoms with van der Waals surface area (Å²) in [7, 11) is 0. The normalized spacial score (nSPS) is 28.2. The molecule has 194 valence electrons. The lowest BCUT2D eigenvalue weighted by Gasteiger charge is -2.49. The number of carboxylic acid groups (broad SMARTS) is 1. The van der Waals surface area contributed by atoms with Gasteiger partial charge in [0.15, 0.2) is 12.4 Å². The summed E-state index contributed by atoms with van der Waals surface area (Å²) in [4.78, 5) is 23.9. The molecule has 1 amide bonds. The van der Waals surface area contributed by atoms with E-state index in [9.17, 15) is 14.7 Å². The second kappa shape index (κ2) is 10.9. The average Bonchev–Trinajstić information content (AvgIpc) is 2.90. The van der Waals surface area contributed by atoms with Gasteiger partial charge in [-0.15, -0.1) is 0 Å². The van der Waals surface area contributed by atoms with E-state index in [1.165, 1.54) is 13.8 Å². The molecule has 3 aromatic carbocycles. The van der Waals surface area contributed by atoms with E-state index in [4.69, 9.17) is 23.7 Å². The number of carbonyl (C=O) groups excluding carboxylic acids is 1. The first-order valence-corrected chi connectivity index (χ1v) is 12.2. The molecule has 37 heavy (non-hydrogen) atoms. The van der Waals surface area contributed by atoms with Crippen LogP contribution in [0, 0.1) is 0 Å². The molecule has 2 aliphatic rings. The van der Waals surface area contributed by atoms with Crippen molar-refractivity contribution in [3.8, 4) is 5.75 Å². The van der Waals surface area contributed by atoms with Crippen molar-refractivity contribution in [2.24, 2.45) is 0 Å². The van der Waals surface area contributed by atoms with Crippen molar-refractivity contribution in [1.82, 2.24) is 5.32 Å². The standard InChI is InChI=1S/C28H29NO8/c1-16(26(31)32)34-25-23(29-17(2)30)28(35-21-13-12-18-8-6-7-11-20(18)14-21)36-22-15-33-27(37-24(22)25)19-9-4-3-5-10-19/h3-14,16,22-25,27-28H,15H2,1-2H3,(H,29,30)(H,31,32). The van der Waals surface area contributed by atoms with Crippen LogP contribution in [0.25, 0.3) is 10.8 Å². The lowest BCUT2D eigenvalue weighted by Crippen LogP contribution is -2.68. The van der Waals surface area contributed by atoms with Gasteiger partial charge in [-0.1, -0.05) is 60.7 Å². The fraction of sp³-hybridized carbons (Fsp3) is 0.357. The maximum Gasteiger partial charge on any atom is 0.332 e. The topological polar surface area (TPSA) is 113 Å². The molecule has 0 spiro atoms. The van der Waals surface area contributed by atoms with E-state index in [-0.39, 0.29) is 12.5 Å². The molecule has 9 nitrogen and oxygen atoms in total. The van der Waals surface area contributed by atoms with E-state index in [1.54, 1.807) is 0 Å². The summed E-state index contributed by atoms with van der Waals surface area (Å²) in [6, 6.07) is 22.0. The van der Waals surface area contributed by atoms with Crippen LogP contribution in [0.3, 0.4) is 0 Å². The van der Waals surface area contributed by atoms with E-state index in [2.05, 4.69) is 5.32 Å². The van der Waals surface area contributed by atoms with E-state index in [0.717, 1.165) is 16.3 Å². The predicted octanol–water partition coefficient (Wildman–Crippen LogP) is 3.42. The third-order valence-electron chi connectivity index (χ3n) is 6.46. The molecule has 2 N–H and O–H groups in total. The van der Waals surface area contributed by atoms with Crippen LogP contribution in [0.4, 0.5) is 0 Å². The zero-order valence-corrected chi connectivity index (χ0v) is 20.5. The second-order valence-corrected chi connectivity index (χ2v) is 9.15. The van der Waals surface area contributed by atoms with Gasteiger partial charge in [0.2, 0.25) is 12.2 Å². The first kappa shape index (κ1) is 25.2. The highest BCUT2D eigenvalue weighted by Crippen LogP contribution is 2.36. The van der Waals surface area contributed by atoms with Gasteiger partial charge in [-0.2, -0.15) is 0 Å². The maximum absolute atomic E-state index is 12.2. The highest BCUT2D eigenvalue weighted by Gasteiger charge is 2.52. The van der Waals surface area contributed by atoms with E-state index >= 15 is 0 Å². The maximum atomic E-state index is 12.2. The third kappa shape index (κ3) is 5.60. The van der Waals surface area contributed by atoms with Crippen molar-refractivity contribution in [2.45, 2.75) is 56.9 Å². The largest absolute Gasteiger partial charge is 0.479 e. The molecule has 0 aromatic heterocycles. The van der Waals surface area contributed by atoms with Gasteiger partial charge in [0.1, 0.15) is 30.1 Å². The number of aliphatic carboxylic acids is 1. The van der Waals surface area contributed by atoms with Crippen molar-refractivity contribution in [2.75, 3.05) is 6.61 Å². The molecule has 2 aliphatic heterocycles. The van der Waals surface area contributed by atoms with Crippen molar-refractivity contribution in [1.29, 1.82) is 0 Å². The first-order valence-electron chi connectivity index (χ1n) is 12.2. The van der Waals surface area contributed by atoms with Gasteiger partial charge in [-0.05, 0) is 29.8 Å². The molecule has 9 heteroatoms. The zero-order valence-electron chi connectivity index (χ0n) is 20.5. The molecule has 7 atom stereocenters. The average molecular weight is 508 g/mol. The van der Waals surface area contributed by atoms with Crippen LogP contribution in [0.2, 0.25) is 0 Å². The number of benzene rings is 3. The molecule has 5 rings (SSSR count). The van der Waals surface area contributed by atoms with Gasteiger partial charge in [-0.3, -0.25) is 4.79 Å². The van der Waals surface area contributed by atoms with E-state index in [0.29, 0.717) is 5.75 Å². The van der Waals surface area contributed by atoms with Crippen LogP contribution in [0.15, 0.2) is 72.8 Å². The predicted molar refractivity (Wildman–Crippen MR) is 133 cm³/mol. The van der Waals surface area contributed by atoms with Crippen LogP contribution in [0.5, 0.6) is 5.75 Å². The Balaban J connectivity index is 1.46. The Morgan fingerprint density at radius 2 is 1.73 bits per heavy atom. The minimum atomic E-state index is -1.16. The molecule has 0 radical (unpaired) electrons. The Morgan fingerprint density at radius 1 is 1.00 bits per heavy atom. The molecule has 7 unspecified atom stereocenters. The number of carboxylic acids is 1. The Kier molecular flexibility index (Phi) is 7.38. The third-order valence-corrected chi connectivity index (χ3v) is 6.46. The van der Waals surface area contributed by atoms with Gasteiger partial charge in [-0.25, -0.2) is 4.79 Å². The molecule has 0 aliphatic carbocycles. The molecule has 3 aromatic rings. The number of ether oxygens (including phenoxy) is 5. The van der Waals surface area contributed by atoms with Crippen LogP contribution in [-0.4, -0.2) is 60.3 Å². The first-order chi connectivity index (χ1) is 17.9. The van der Waals surface area contributed by atoms with E-state index < -0.39 is 49.0 Å². The summed E-state index contributed by atoms with van der Waals surface area (Å²) < 4.78 is 30.7. The zero-order chi connectivity index (χ0) is 25.9. The molecular weight excluding hydrogens is 478 g/mol. The molecular formula is C28H29NO8.